The van der Waals surface area contributed by atoms with Crippen molar-refractivity contribution in [3.05, 3.63) is 11.6 Å². The van der Waals surface area contributed by atoms with Gasteiger partial charge in [-0.15, -0.1) is 0 Å². The van der Waals surface area contributed by atoms with Crippen LogP contribution >= 0.6 is 0 Å². The van der Waals surface area contributed by atoms with Gasteiger partial charge < -0.3 is 36.9 Å². The van der Waals surface area contributed by atoms with Gasteiger partial charge >= 0.3 is 0 Å². The molecule has 0 saturated carbocycles. The third kappa shape index (κ3) is 6.25. The minimum absolute atomic E-state index is 0.00483. The largest absolute Gasteiger partial charge is 0.394 e. The van der Waals surface area contributed by atoms with E-state index in [2.05, 4.69) is 15.0 Å². The van der Waals surface area contributed by atoms with Gasteiger partial charge in [-0.1, -0.05) is 0 Å². The lowest BCUT2D eigenvalue weighted by Gasteiger charge is -2.15. The van der Waals surface area contributed by atoms with Crippen LogP contribution in [0.2, 0.25) is 0 Å². The van der Waals surface area contributed by atoms with E-state index in [-0.39, 0.29) is 57.2 Å². The van der Waals surface area contributed by atoms with Crippen LogP contribution in [0.25, 0.3) is 0 Å². The average molecular weight is 302 g/mol. The van der Waals surface area contributed by atoms with Crippen molar-refractivity contribution in [2.24, 2.45) is 11.5 Å². The van der Waals surface area contributed by atoms with E-state index in [4.69, 9.17) is 36.9 Å². The molecule has 0 aliphatic rings. The van der Waals surface area contributed by atoms with E-state index in [9.17, 15) is 0 Å². The standard InChI is InChI=1S/C11H22N6O4/c12-7(5-20-3-1-18)9-15-10(17-11(14)16-9)8(13)6-21-4-2-19/h7-8,18-19H,1-6,12-13H2,(H2,14,15,16,17). The Bertz CT molecular complexity index is 387. The Morgan fingerprint density at radius 1 is 0.857 bits per heavy atom. The molecule has 120 valence electrons. The summed E-state index contributed by atoms with van der Waals surface area (Å²) < 4.78 is 10.2. The molecule has 0 saturated heterocycles. The topological polar surface area (TPSA) is 176 Å². The van der Waals surface area contributed by atoms with Crippen LogP contribution in [0, 0.1) is 0 Å². The fourth-order valence-corrected chi connectivity index (χ4v) is 1.46. The summed E-state index contributed by atoms with van der Waals surface area (Å²) >= 11 is 0. The number of rotatable bonds is 10. The van der Waals surface area contributed by atoms with Crippen LogP contribution in [0.3, 0.4) is 0 Å². The Morgan fingerprint density at radius 2 is 1.29 bits per heavy atom. The van der Waals surface area contributed by atoms with Gasteiger partial charge in [-0.2, -0.15) is 9.97 Å². The highest BCUT2D eigenvalue weighted by Gasteiger charge is 2.17. The zero-order valence-electron chi connectivity index (χ0n) is 11.7. The molecule has 2 unspecified atom stereocenters. The Morgan fingerprint density at radius 3 is 1.67 bits per heavy atom. The number of hydrogen-bond acceptors (Lipinski definition) is 10. The Kier molecular flexibility index (Phi) is 7.97. The van der Waals surface area contributed by atoms with Gasteiger partial charge in [0.1, 0.15) is 0 Å². The Labute approximate surface area is 122 Å². The van der Waals surface area contributed by atoms with E-state index in [1.807, 2.05) is 0 Å². The Hall–Kier alpha value is -1.43. The molecule has 1 aromatic heterocycles. The van der Waals surface area contributed by atoms with Crippen molar-refractivity contribution in [3.8, 4) is 0 Å². The zero-order chi connectivity index (χ0) is 15.7. The molecule has 0 radical (unpaired) electrons. The summed E-state index contributed by atoms with van der Waals surface area (Å²) in [6.45, 7) is 0.444. The van der Waals surface area contributed by atoms with Gasteiger partial charge in [0.2, 0.25) is 5.95 Å². The molecule has 0 amide bonds. The molecule has 10 nitrogen and oxygen atoms in total. The third-order valence-corrected chi connectivity index (χ3v) is 2.42. The number of aliphatic hydroxyl groups excluding tert-OH is 2. The summed E-state index contributed by atoms with van der Waals surface area (Å²) in [7, 11) is 0. The van der Waals surface area contributed by atoms with Crippen molar-refractivity contribution in [3.63, 3.8) is 0 Å². The molecule has 0 fully saturated rings. The van der Waals surface area contributed by atoms with Crippen molar-refractivity contribution in [2.75, 3.05) is 45.4 Å². The molecule has 8 N–H and O–H groups in total. The van der Waals surface area contributed by atoms with Gasteiger partial charge in [-0.05, 0) is 0 Å². The summed E-state index contributed by atoms with van der Waals surface area (Å²) in [4.78, 5) is 12.0. The Balaban J connectivity index is 2.69. The molecule has 0 bridgehead atoms. The lowest BCUT2D eigenvalue weighted by Crippen LogP contribution is -2.26. The van der Waals surface area contributed by atoms with Crippen molar-refractivity contribution in [1.82, 2.24) is 15.0 Å². The molecule has 0 aromatic carbocycles. The maximum absolute atomic E-state index is 8.64. The van der Waals surface area contributed by atoms with Crippen LogP contribution in [0.1, 0.15) is 23.7 Å². The van der Waals surface area contributed by atoms with Crippen molar-refractivity contribution in [2.45, 2.75) is 12.1 Å². The van der Waals surface area contributed by atoms with Gasteiger partial charge in [-0.25, -0.2) is 4.98 Å². The van der Waals surface area contributed by atoms with E-state index in [1.54, 1.807) is 0 Å². The third-order valence-electron chi connectivity index (χ3n) is 2.42. The SMILES string of the molecule is Nc1nc(C(N)COCCO)nc(C(N)COCCO)n1. The summed E-state index contributed by atoms with van der Waals surface area (Å²) in [6, 6.07) is -1.21. The van der Waals surface area contributed by atoms with E-state index in [0.29, 0.717) is 0 Å². The van der Waals surface area contributed by atoms with Crippen molar-refractivity contribution in [1.29, 1.82) is 0 Å². The highest BCUT2D eigenvalue weighted by atomic mass is 16.5. The number of nitrogens with two attached hydrogens (primary N) is 3. The molecule has 2 atom stereocenters. The maximum atomic E-state index is 8.64. The van der Waals surface area contributed by atoms with E-state index in [1.165, 1.54) is 0 Å². The first-order chi connectivity index (χ1) is 10.1. The quantitative estimate of drug-likeness (QED) is 0.290. The second-order valence-electron chi connectivity index (χ2n) is 4.22. The molecular weight excluding hydrogens is 280 g/mol. The molecule has 1 rings (SSSR count). The molecule has 0 aliphatic carbocycles. The highest BCUT2D eigenvalue weighted by molar-refractivity contribution is 5.18. The number of anilines is 1. The molecule has 0 aliphatic heterocycles. The fraction of sp³-hybridized carbons (Fsp3) is 0.727. The number of nitrogen functional groups attached to an aromatic ring is 1. The van der Waals surface area contributed by atoms with Gasteiger partial charge in [0, 0.05) is 0 Å². The predicted molar refractivity (Wildman–Crippen MR) is 73.9 cm³/mol. The number of aromatic nitrogens is 3. The van der Waals surface area contributed by atoms with Crippen molar-refractivity contribution < 1.29 is 19.7 Å². The van der Waals surface area contributed by atoms with E-state index in [0.717, 1.165) is 0 Å². The molecule has 0 spiro atoms. The minimum atomic E-state index is -0.605. The molecule has 10 heteroatoms. The van der Waals surface area contributed by atoms with Gasteiger partial charge in [-0.3, -0.25) is 0 Å². The number of aliphatic hydroxyl groups is 2. The normalized spacial score (nSPS) is 14.1. The molecular formula is C11H22N6O4. The van der Waals surface area contributed by atoms with Crippen molar-refractivity contribution >= 4 is 5.95 Å². The number of ether oxygens (including phenoxy) is 2. The molecule has 21 heavy (non-hydrogen) atoms. The second kappa shape index (κ2) is 9.50. The summed E-state index contributed by atoms with van der Waals surface area (Å²) in [5, 5.41) is 17.3. The lowest BCUT2D eigenvalue weighted by atomic mass is 10.3. The van der Waals surface area contributed by atoms with Crippen LogP contribution in [0.5, 0.6) is 0 Å². The smallest absolute Gasteiger partial charge is 0.223 e. The highest BCUT2D eigenvalue weighted by Crippen LogP contribution is 2.11. The summed E-state index contributed by atoms with van der Waals surface area (Å²) in [5.74, 6) is 0.520. The monoisotopic (exact) mass is 302 g/mol. The minimum Gasteiger partial charge on any atom is -0.394 e. The predicted octanol–water partition coefficient (Wildman–Crippen LogP) is -2.53. The second-order valence-corrected chi connectivity index (χ2v) is 4.22. The van der Waals surface area contributed by atoms with Crippen LogP contribution < -0.4 is 17.2 Å². The number of hydrogen-bond donors (Lipinski definition) is 5. The first kappa shape index (κ1) is 17.6. The van der Waals surface area contributed by atoms with Gasteiger partial charge in [0.05, 0.1) is 51.7 Å². The summed E-state index contributed by atoms with van der Waals surface area (Å²) in [6.07, 6.45) is 0. The van der Waals surface area contributed by atoms with E-state index < -0.39 is 12.1 Å². The average Bonchev–Trinajstić information content (AvgIpc) is 2.47. The first-order valence-corrected chi connectivity index (χ1v) is 6.48. The van der Waals surface area contributed by atoms with Crippen LogP contribution in [-0.4, -0.2) is 64.8 Å². The number of nitrogens with zero attached hydrogens (tertiary/aromatic N) is 3. The van der Waals surface area contributed by atoms with Gasteiger partial charge in [0.15, 0.2) is 11.6 Å². The summed E-state index contributed by atoms with van der Waals surface area (Å²) in [5.41, 5.74) is 17.4. The lowest BCUT2D eigenvalue weighted by molar-refractivity contribution is 0.0800. The maximum Gasteiger partial charge on any atom is 0.223 e. The fourth-order valence-electron chi connectivity index (χ4n) is 1.46. The van der Waals surface area contributed by atoms with E-state index >= 15 is 0 Å². The van der Waals surface area contributed by atoms with Crippen LogP contribution in [0.4, 0.5) is 5.95 Å². The molecule has 1 heterocycles. The first-order valence-electron chi connectivity index (χ1n) is 6.48. The zero-order valence-corrected chi connectivity index (χ0v) is 11.7. The van der Waals surface area contributed by atoms with Crippen LogP contribution in [0.15, 0.2) is 0 Å². The van der Waals surface area contributed by atoms with Crippen LogP contribution in [-0.2, 0) is 9.47 Å². The van der Waals surface area contributed by atoms with Gasteiger partial charge in [0.25, 0.3) is 0 Å². The molecule has 1 aromatic rings.